The van der Waals surface area contributed by atoms with Crippen LogP contribution in [0.2, 0.25) is 0 Å². The minimum absolute atomic E-state index is 0.000646. The Kier molecular flexibility index (Phi) is 4.49. The van der Waals surface area contributed by atoms with E-state index in [0.717, 1.165) is 32.5 Å². The monoisotopic (exact) mass is 392 g/mol. The van der Waals surface area contributed by atoms with Gasteiger partial charge in [-0.15, -0.1) is 11.3 Å². The molecule has 7 nitrogen and oxygen atoms in total. The van der Waals surface area contributed by atoms with Crippen molar-refractivity contribution in [3.05, 3.63) is 46.1 Å². The molecule has 1 aliphatic heterocycles. The smallest absolute Gasteiger partial charge is 0.229 e. The lowest BCUT2D eigenvalue weighted by molar-refractivity contribution is 0.219. The predicted octanol–water partition coefficient (Wildman–Crippen LogP) is 3.51. The third-order valence-corrected chi connectivity index (χ3v) is 6.10. The van der Waals surface area contributed by atoms with E-state index in [9.17, 15) is 10.4 Å². The molecule has 4 rings (SSSR count). The fraction of sp³-hybridized carbons (Fsp3) is 0.300. The van der Waals surface area contributed by atoms with Gasteiger partial charge in [0.15, 0.2) is 5.13 Å². The first kappa shape index (κ1) is 18.3. The fourth-order valence-electron chi connectivity index (χ4n) is 3.27. The maximum atomic E-state index is 9.87. The summed E-state index contributed by atoms with van der Waals surface area (Å²) in [5.41, 5.74) is 4.35. The number of nitrogens with zero attached hydrogens (tertiary/aromatic N) is 4. The topological polar surface area (TPSA) is 107 Å². The number of thiazole rings is 1. The molecule has 1 atom stereocenters. The summed E-state index contributed by atoms with van der Waals surface area (Å²) in [5, 5.41) is 26.6. The summed E-state index contributed by atoms with van der Waals surface area (Å²) in [6.45, 7) is 6.57. The van der Waals surface area contributed by atoms with Gasteiger partial charge in [-0.25, -0.2) is 15.0 Å². The number of aliphatic hydroxyl groups excluding tert-OH is 1. The van der Waals surface area contributed by atoms with Crippen LogP contribution in [-0.2, 0) is 5.41 Å². The first-order valence-corrected chi connectivity index (χ1v) is 9.73. The minimum Gasteiger partial charge on any atom is -0.395 e. The molecule has 1 aromatic carbocycles. The average molecular weight is 392 g/mol. The summed E-state index contributed by atoms with van der Waals surface area (Å²) in [6, 6.07) is 7.88. The van der Waals surface area contributed by atoms with E-state index in [2.05, 4.69) is 31.7 Å². The molecule has 0 bridgehead atoms. The summed E-state index contributed by atoms with van der Waals surface area (Å²) in [6.07, 6.45) is 1.68. The average Bonchev–Trinajstić information content (AvgIpc) is 3.20. The molecule has 0 spiro atoms. The van der Waals surface area contributed by atoms with Gasteiger partial charge in [-0.3, -0.25) is 0 Å². The van der Waals surface area contributed by atoms with E-state index in [1.54, 1.807) is 17.5 Å². The van der Waals surface area contributed by atoms with Crippen LogP contribution in [0.3, 0.4) is 0 Å². The molecule has 28 heavy (non-hydrogen) atoms. The molecule has 2 aromatic heterocycles. The molecule has 3 N–H and O–H groups in total. The van der Waals surface area contributed by atoms with Gasteiger partial charge in [-0.2, -0.15) is 5.26 Å². The Bertz CT molecular complexity index is 1080. The van der Waals surface area contributed by atoms with E-state index in [1.807, 2.05) is 39.0 Å². The quantitative estimate of drug-likeness (QED) is 0.624. The highest BCUT2D eigenvalue weighted by molar-refractivity contribution is 7.15. The largest absolute Gasteiger partial charge is 0.395 e. The number of nitrogens with one attached hydrogen (secondary N) is 2. The Labute approximate surface area is 167 Å². The Morgan fingerprint density at radius 3 is 2.86 bits per heavy atom. The normalized spacial score (nSPS) is 17.7. The van der Waals surface area contributed by atoms with Gasteiger partial charge >= 0.3 is 0 Å². The second-order valence-corrected chi connectivity index (χ2v) is 8.38. The minimum atomic E-state index is -0.430. The van der Waals surface area contributed by atoms with Crippen molar-refractivity contribution in [2.24, 2.45) is 0 Å². The second kappa shape index (κ2) is 6.86. The molecule has 8 heteroatoms. The molecule has 1 aliphatic rings. The number of nitriles is 1. The highest BCUT2D eigenvalue weighted by atomic mass is 32.1. The van der Waals surface area contributed by atoms with E-state index in [-0.39, 0.29) is 6.61 Å². The van der Waals surface area contributed by atoms with E-state index >= 15 is 0 Å². The van der Waals surface area contributed by atoms with Gasteiger partial charge in [-0.05, 0) is 37.6 Å². The van der Waals surface area contributed by atoms with Crippen LogP contribution in [-0.4, -0.2) is 33.2 Å². The van der Waals surface area contributed by atoms with Crippen LogP contribution in [0, 0.1) is 25.2 Å². The molecule has 0 amide bonds. The summed E-state index contributed by atoms with van der Waals surface area (Å²) < 4.78 is 0. The van der Waals surface area contributed by atoms with Gasteiger partial charge in [0.1, 0.15) is 6.07 Å². The predicted molar refractivity (Wildman–Crippen MR) is 110 cm³/mol. The number of rotatable bonds is 4. The van der Waals surface area contributed by atoms with Crippen molar-refractivity contribution < 1.29 is 5.11 Å². The maximum Gasteiger partial charge on any atom is 0.229 e. The highest BCUT2D eigenvalue weighted by Crippen LogP contribution is 2.41. The Balaban J connectivity index is 1.74. The second-order valence-electron chi connectivity index (χ2n) is 7.18. The van der Waals surface area contributed by atoms with Crippen molar-refractivity contribution in [2.45, 2.75) is 26.2 Å². The highest BCUT2D eigenvalue weighted by Gasteiger charge is 2.35. The molecular formula is C20H20N6OS. The zero-order valence-electron chi connectivity index (χ0n) is 15.9. The van der Waals surface area contributed by atoms with Crippen molar-refractivity contribution >= 4 is 28.1 Å². The number of anilines is 3. The number of benzene rings is 1. The van der Waals surface area contributed by atoms with Crippen molar-refractivity contribution in [3.63, 3.8) is 0 Å². The van der Waals surface area contributed by atoms with Crippen molar-refractivity contribution in [3.8, 4) is 17.3 Å². The fourth-order valence-corrected chi connectivity index (χ4v) is 4.07. The third-order valence-electron chi connectivity index (χ3n) is 5.11. The van der Waals surface area contributed by atoms with Gasteiger partial charge in [0, 0.05) is 28.6 Å². The zero-order chi connectivity index (χ0) is 19.9. The van der Waals surface area contributed by atoms with Crippen LogP contribution in [0.4, 0.5) is 16.8 Å². The van der Waals surface area contributed by atoms with Gasteiger partial charge in [0.2, 0.25) is 5.95 Å². The molecule has 0 saturated carbocycles. The Morgan fingerprint density at radius 1 is 1.36 bits per heavy atom. The van der Waals surface area contributed by atoms with Crippen molar-refractivity contribution in [2.75, 3.05) is 23.8 Å². The van der Waals surface area contributed by atoms with Gasteiger partial charge < -0.3 is 15.7 Å². The van der Waals surface area contributed by atoms with Crippen molar-refractivity contribution in [1.29, 1.82) is 5.26 Å². The Hall–Kier alpha value is -3.02. The molecule has 142 valence electrons. The van der Waals surface area contributed by atoms with E-state index < -0.39 is 5.41 Å². The van der Waals surface area contributed by atoms with Crippen LogP contribution < -0.4 is 10.6 Å². The standard InChI is InChI=1S/C20H20N6OS/c1-11-12(2)28-19(24-11)26-18-22-5-4-16(25-18)13-6-14(8-21)17-15(7-13)20(3,10-27)9-23-17/h4-7,23,27H,9-10H2,1-3H3,(H,22,24,25,26). The Morgan fingerprint density at radius 2 is 2.18 bits per heavy atom. The summed E-state index contributed by atoms with van der Waals surface area (Å²) in [4.78, 5) is 14.5. The number of aromatic nitrogens is 3. The molecule has 0 saturated heterocycles. The van der Waals surface area contributed by atoms with Crippen LogP contribution in [0.25, 0.3) is 11.3 Å². The van der Waals surface area contributed by atoms with Crippen LogP contribution in [0.1, 0.15) is 28.6 Å². The van der Waals surface area contributed by atoms with E-state index in [0.29, 0.717) is 23.8 Å². The summed E-state index contributed by atoms with van der Waals surface area (Å²) in [7, 11) is 0. The molecule has 0 radical (unpaired) electrons. The number of aryl methyl sites for hydroxylation is 2. The van der Waals surface area contributed by atoms with E-state index in [4.69, 9.17) is 0 Å². The lowest BCUT2D eigenvalue weighted by atomic mass is 9.83. The molecule has 0 aliphatic carbocycles. The van der Waals surface area contributed by atoms with Crippen LogP contribution in [0.5, 0.6) is 0 Å². The van der Waals surface area contributed by atoms with Gasteiger partial charge in [0.25, 0.3) is 0 Å². The first-order chi connectivity index (χ1) is 13.4. The molecule has 1 unspecified atom stereocenters. The van der Waals surface area contributed by atoms with E-state index in [1.165, 1.54) is 0 Å². The number of aliphatic hydroxyl groups is 1. The third kappa shape index (κ3) is 3.09. The molecule has 3 heterocycles. The number of hydrogen-bond donors (Lipinski definition) is 3. The van der Waals surface area contributed by atoms with Gasteiger partial charge in [-0.1, -0.05) is 6.92 Å². The first-order valence-electron chi connectivity index (χ1n) is 8.91. The molecule has 0 fully saturated rings. The SMILES string of the molecule is Cc1nc(Nc2nccc(-c3cc(C#N)c4c(c3)C(C)(CO)CN4)n2)sc1C. The summed E-state index contributed by atoms with van der Waals surface area (Å²) >= 11 is 1.55. The zero-order valence-corrected chi connectivity index (χ0v) is 16.7. The lowest BCUT2D eigenvalue weighted by Gasteiger charge is -2.21. The summed E-state index contributed by atoms with van der Waals surface area (Å²) in [5.74, 6) is 0.452. The molecular weight excluding hydrogens is 372 g/mol. The molecule has 3 aromatic rings. The lowest BCUT2D eigenvalue weighted by Crippen LogP contribution is -2.28. The van der Waals surface area contributed by atoms with Crippen LogP contribution >= 0.6 is 11.3 Å². The van der Waals surface area contributed by atoms with Crippen molar-refractivity contribution in [1.82, 2.24) is 15.0 Å². The van der Waals surface area contributed by atoms with Gasteiger partial charge in [0.05, 0.1) is 29.2 Å². The maximum absolute atomic E-state index is 9.87. The number of fused-ring (bicyclic) bond motifs is 1. The van der Waals surface area contributed by atoms with Crippen LogP contribution in [0.15, 0.2) is 24.4 Å². The number of hydrogen-bond acceptors (Lipinski definition) is 8.